The van der Waals surface area contributed by atoms with Crippen molar-refractivity contribution >= 4 is 12.1 Å². The average molecular weight is 306 g/mol. The van der Waals surface area contributed by atoms with Crippen molar-refractivity contribution in [3.63, 3.8) is 0 Å². The highest BCUT2D eigenvalue weighted by Crippen LogP contribution is 2.17. The molecule has 0 saturated carbocycles. The maximum absolute atomic E-state index is 11.9. The molecule has 0 aromatic heterocycles. The van der Waals surface area contributed by atoms with Gasteiger partial charge >= 0.3 is 12.1 Å². The molecule has 6 heteroatoms. The summed E-state index contributed by atoms with van der Waals surface area (Å²) >= 11 is 0. The predicted molar refractivity (Wildman–Crippen MR) is 81.4 cm³/mol. The summed E-state index contributed by atoms with van der Waals surface area (Å²) in [5.74, 6) is -1.27. The van der Waals surface area contributed by atoms with Gasteiger partial charge in [-0.2, -0.15) is 0 Å². The fourth-order valence-corrected chi connectivity index (χ4v) is 2.66. The van der Waals surface area contributed by atoms with E-state index in [1.807, 2.05) is 42.2 Å². The second kappa shape index (κ2) is 7.79. The number of nitrogens with zero attached hydrogens (tertiary/aromatic N) is 1. The van der Waals surface area contributed by atoms with Crippen LogP contribution in [0.1, 0.15) is 18.9 Å². The fraction of sp³-hybridized carbons (Fsp3) is 0.500. The zero-order valence-electron chi connectivity index (χ0n) is 12.7. The van der Waals surface area contributed by atoms with E-state index in [2.05, 4.69) is 5.32 Å². The Balaban J connectivity index is 1.83. The van der Waals surface area contributed by atoms with Crippen LogP contribution in [0.15, 0.2) is 30.3 Å². The van der Waals surface area contributed by atoms with Crippen molar-refractivity contribution in [2.75, 3.05) is 19.6 Å². The minimum atomic E-state index is -0.817. The maximum atomic E-state index is 11.9. The highest BCUT2D eigenvalue weighted by Gasteiger charge is 2.31. The van der Waals surface area contributed by atoms with E-state index in [4.69, 9.17) is 4.74 Å². The summed E-state index contributed by atoms with van der Waals surface area (Å²) in [4.78, 5) is 25.1. The van der Waals surface area contributed by atoms with Gasteiger partial charge in [0.25, 0.3) is 0 Å². The number of ether oxygens (including phenoxy) is 1. The number of piperidine rings is 1. The molecule has 2 unspecified atom stereocenters. The molecule has 1 saturated heterocycles. The van der Waals surface area contributed by atoms with Crippen LogP contribution >= 0.6 is 0 Å². The summed E-state index contributed by atoms with van der Waals surface area (Å²) in [5.41, 5.74) is 0.917. The molecule has 1 fully saturated rings. The van der Waals surface area contributed by atoms with E-state index in [9.17, 15) is 14.7 Å². The van der Waals surface area contributed by atoms with E-state index >= 15 is 0 Å². The molecule has 120 valence electrons. The minimum Gasteiger partial charge on any atom is -0.481 e. The van der Waals surface area contributed by atoms with Gasteiger partial charge in [0.2, 0.25) is 0 Å². The smallest absolute Gasteiger partial charge is 0.407 e. The van der Waals surface area contributed by atoms with Crippen molar-refractivity contribution in [3.8, 4) is 0 Å². The lowest BCUT2D eigenvalue weighted by Gasteiger charge is -2.35. The standard InChI is InChI=1S/C16H22N2O4/c1-2-18-9-13(15(19)20)8-14(10-18)17-16(21)22-11-12-6-4-3-5-7-12/h3-7,13-14H,2,8-11H2,1H3,(H,17,21)(H,19,20). The molecule has 22 heavy (non-hydrogen) atoms. The van der Waals surface area contributed by atoms with Crippen molar-refractivity contribution in [3.05, 3.63) is 35.9 Å². The van der Waals surface area contributed by atoms with Gasteiger partial charge < -0.3 is 20.1 Å². The van der Waals surface area contributed by atoms with Gasteiger partial charge in [0.05, 0.1) is 5.92 Å². The van der Waals surface area contributed by atoms with Crippen LogP contribution in [-0.4, -0.2) is 47.7 Å². The number of carboxylic acid groups (broad SMARTS) is 1. The Kier molecular flexibility index (Phi) is 5.77. The number of likely N-dealkylation sites (tertiary alicyclic amines) is 1. The number of benzene rings is 1. The van der Waals surface area contributed by atoms with Crippen LogP contribution < -0.4 is 5.32 Å². The summed E-state index contributed by atoms with van der Waals surface area (Å²) in [6.45, 7) is 4.14. The number of hydrogen-bond acceptors (Lipinski definition) is 4. The number of rotatable bonds is 5. The Bertz CT molecular complexity index is 506. The number of aliphatic carboxylic acids is 1. The van der Waals surface area contributed by atoms with E-state index in [1.165, 1.54) is 0 Å². The Hall–Kier alpha value is -2.08. The van der Waals surface area contributed by atoms with E-state index in [1.54, 1.807) is 0 Å². The Morgan fingerprint density at radius 1 is 1.32 bits per heavy atom. The van der Waals surface area contributed by atoms with Gasteiger partial charge in [0.15, 0.2) is 0 Å². The number of carbonyl (C=O) groups excluding carboxylic acids is 1. The fourth-order valence-electron chi connectivity index (χ4n) is 2.66. The monoisotopic (exact) mass is 306 g/mol. The predicted octanol–water partition coefficient (Wildman–Crippen LogP) is 1.71. The molecule has 1 heterocycles. The van der Waals surface area contributed by atoms with E-state index in [0.717, 1.165) is 12.1 Å². The van der Waals surface area contributed by atoms with Gasteiger partial charge in [0.1, 0.15) is 6.61 Å². The van der Waals surface area contributed by atoms with Crippen LogP contribution in [0.3, 0.4) is 0 Å². The summed E-state index contributed by atoms with van der Waals surface area (Å²) in [6.07, 6.45) is -0.0670. The molecule has 1 amide bonds. The average Bonchev–Trinajstić information content (AvgIpc) is 2.53. The summed E-state index contributed by atoms with van der Waals surface area (Å²) < 4.78 is 5.18. The quantitative estimate of drug-likeness (QED) is 0.866. The second-order valence-corrected chi connectivity index (χ2v) is 5.53. The number of amides is 1. The van der Waals surface area contributed by atoms with Crippen molar-refractivity contribution in [2.45, 2.75) is 26.0 Å². The Morgan fingerprint density at radius 3 is 2.68 bits per heavy atom. The molecule has 2 atom stereocenters. The third-order valence-electron chi connectivity index (χ3n) is 3.86. The molecule has 6 nitrogen and oxygen atoms in total. The molecular weight excluding hydrogens is 284 g/mol. The number of likely N-dealkylation sites (N-methyl/N-ethyl adjacent to an activating group) is 1. The highest BCUT2D eigenvalue weighted by molar-refractivity contribution is 5.71. The Labute approximate surface area is 130 Å². The van der Waals surface area contributed by atoms with E-state index in [0.29, 0.717) is 19.5 Å². The van der Waals surface area contributed by atoms with Crippen molar-refractivity contribution in [1.82, 2.24) is 10.2 Å². The summed E-state index contributed by atoms with van der Waals surface area (Å²) in [6, 6.07) is 9.23. The van der Waals surface area contributed by atoms with Crippen LogP contribution in [0.25, 0.3) is 0 Å². The largest absolute Gasteiger partial charge is 0.481 e. The normalized spacial score (nSPS) is 22.0. The molecule has 1 aromatic rings. The minimum absolute atomic E-state index is 0.196. The lowest BCUT2D eigenvalue weighted by Crippen LogP contribution is -2.52. The molecule has 2 rings (SSSR count). The van der Waals surface area contributed by atoms with Crippen LogP contribution in [0.2, 0.25) is 0 Å². The van der Waals surface area contributed by atoms with Crippen molar-refractivity contribution in [1.29, 1.82) is 0 Å². The first-order valence-corrected chi connectivity index (χ1v) is 7.51. The van der Waals surface area contributed by atoms with Crippen LogP contribution in [0.4, 0.5) is 4.79 Å². The lowest BCUT2D eigenvalue weighted by molar-refractivity contribution is -0.144. The topological polar surface area (TPSA) is 78.9 Å². The molecule has 2 N–H and O–H groups in total. The highest BCUT2D eigenvalue weighted by atomic mass is 16.5. The SMILES string of the molecule is CCN1CC(NC(=O)OCc2ccccc2)CC(C(=O)O)C1. The first-order valence-electron chi connectivity index (χ1n) is 7.51. The molecule has 1 aromatic carbocycles. The lowest BCUT2D eigenvalue weighted by atomic mass is 9.94. The van der Waals surface area contributed by atoms with Gasteiger partial charge in [-0.25, -0.2) is 4.79 Å². The zero-order chi connectivity index (χ0) is 15.9. The second-order valence-electron chi connectivity index (χ2n) is 5.53. The van der Waals surface area contributed by atoms with Gasteiger partial charge in [-0.05, 0) is 18.5 Å². The van der Waals surface area contributed by atoms with Gasteiger partial charge in [-0.3, -0.25) is 4.79 Å². The third-order valence-corrected chi connectivity index (χ3v) is 3.86. The summed E-state index contributed by atoms with van der Waals surface area (Å²) in [7, 11) is 0. The molecule has 1 aliphatic rings. The van der Waals surface area contributed by atoms with Crippen molar-refractivity contribution < 1.29 is 19.4 Å². The van der Waals surface area contributed by atoms with Crippen LogP contribution in [0, 0.1) is 5.92 Å². The summed E-state index contributed by atoms with van der Waals surface area (Å²) in [5, 5.41) is 12.0. The first kappa shape index (κ1) is 16.3. The van der Waals surface area contributed by atoms with Gasteiger partial charge in [-0.15, -0.1) is 0 Å². The first-order chi connectivity index (χ1) is 10.6. The molecule has 0 spiro atoms. The van der Waals surface area contributed by atoms with Crippen LogP contribution in [0.5, 0.6) is 0 Å². The molecule has 1 aliphatic heterocycles. The maximum Gasteiger partial charge on any atom is 0.407 e. The third kappa shape index (κ3) is 4.73. The molecule has 0 radical (unpaired) electrons. The number of alkyl carbamates (subject to hydrolysis) is 1. The number of hydrogen-bond donors (Lipinski definition) is 2. The number of carbonyl (C=O) groups is 2. The van der Waals surface area contributed by atoms with Crippen molar-refractivity contribution in [2.24, 2.45) is 5.92 Å². The van der Waals surface area contributed by atoms with Gasteiger partial charge in [0, 0.05) is 19.1 Å². The Morgan fingerprint density at radius 2 is 2.05 bits per heavy atom. The number of nitrogens with one attached hydrogen (secondary N) is 1. The van der Waals surface area contributed by atoms with E-state index in [-0.39, 0.29) is 12.6 Å². The van der Waals surface area contributed by atoms with Crippen LogP contribution in [-0.2, 0) is 16.1 Å². The molecular formula is C16H22N2O4. The number of carboxylic acids is 1. The van der Waals surface area contributed by atoms with Gasteiger partial charge in [-0.1, -0.05) is 37.3 Å². The van der Waals surface area contributed by atoms with E-state index < -0.39 is 18.0 Å². The molecule has 0 aliphatic carbocycles. The zero-order valence-corrected chi connectivity index (χ0v) is 12.7. The molecule has 0 bridgehead atoms.